The van der Waals surface area contributed by atoms with Gasteiger partial charge in [-0.15, -0.1) is 0 Å². The number of carboxylic acids is 1. The molecule has 1 heterocycles. The molecule has 3 aromatic carbocycles. The van der Waals surface area contributed by atoms with Gasteiger partial charge in [-0.3, -0.25) is 0 Å². The Morgan fingerprint density at radius 1 is 1.03 bits per heavy atom. The Kier molecular flexibility index (Phi) is 6.74. The average molecular weight is 442 g/mol. The first-order valence-electron chi connectivity index (χ1n) is 10.7. The molecule has 0 spiro atoms. The van der Waals surface area contributed by atoms with Crippen LogP contribution in [0.25, 0.3) is 11.3 Å². The fourth-order valence-electron chi connectivity index (χ4n) is 3.68. The van der Waals surface area contributed by atoms with Gasteiger partial charge in [-0.2, -0.15) is 0 Å². The summed E-state index contributed by atoms with van der Waals surface area (Å²) in [6.07, 6.45) is 2.06. The maximum absolute atomic E-state index is 14.4. The van der Waals surface area contributed by atoms with Crippen molar-refractivity contribution in [2.45, 2.75) is 25.8 Å². The predicted molar refractivity (Wildman–Crippen MR) is 127 cm³/mol. The second kappa shape index (κ2) is 10.0. The number of aryl methyl sites for hydroxylation is 1. The predicted octanol–water partition coefficient (Wildman–Crippen LogP) is 5.29. The van der Waals surface area contributed by atoms with Crippen molar-refractivity contribution < 1.29 is 14.3 Å². The molecule has 1 atom stereocenters. The van der Waals surface area contributed by atoms with Crippen LogP contribution in [0.4, 0.5) is 10.2 Å². The molecule has 0 fully saturated rings. The number of hydrogen-bond acceptors (Lipinski definition) is 4. The van der Waals surface area contributed by atoms with E-state index in [0.717, 1.165) is 16.7 Å². The van der Waals surface area contributed by atoms with E-state index in [1.807, 2.05) is 61.5 Å². The van der Waals surface area contributed by atoms with Gasteiger partial charge in [-0.25, -0.2) is 19.2 Å². The number of carbonyl (C=O) groups is 1. The lowest BCUT2D eigenvalue weighted by Gasteiger charge is -2.18. The van der Waals surface area contributed by atoms with Crippen LogP contribution in [0.2, 0.25) is 0 Å². The Morgan fingerprint density at radius 3 is 2.52 bits per heavy atom. The molecule has 0 aliphatic carbocycles. The first-order valence-corrected chi connectivity index (χ1v) is 10.7. The minimum atomic E-state index is -0.998. The van der Waals surface area contributed by atoms with E-state index in [-0.39, 0.29) is 18.7 Å². The Labute approximate surface area is 192 Å². The molecule has 4 rings (SSSR count). The molecule has 0 radical (unpaired) electrons. The topological polar surface area (TPSA) is 75.1 Å². The van der Waals surface area contributed by atoms with Crippen LogP contribution >= 0.6 is 0 Å². The summed E-state index contributed by atoms with van der Waals surface area (Å²) in [6.45, 7) is 1.97. The van der Waals surface area contributed by atoms with Crippen LogP contribution in [-0.4, -0.2) is 27.1 Å². The molecule has 2 N–H and O–H groups in total. The number of nitrogens with one attached hydrogen (secondary N) is 1. The minimum absolute atomic E-state index is 0.180. The highest BCUT2D eigenvalue weighted by atomic mass is 19.1. The second-order valence-electron chi connectivity index (χ2n) is 7.91. The van der Waals surface area contributed by atoms with Crippen molar-refractivity contribution >= 4 is 11.8 Å². The van der Waals surface area contributed by atoms with Gasteiger partial charge < -0.3 is 10.4 Å². The number of hydrogen-bond donors (Lipinski definition) is 2. The van der Waals surface area contributed by atoms with E-state index in [1.54, 1.807) is 24.4 Å². The molecule has 0 aliphatic heterocycles. The van der Waals surface area contributed by atoms with Gasteiger partial charge in [0.05, 0.1) is 17.6 Å². The first-order chi connectivity index (χ1) is 16.0. The summed E-state index contributed by atoms with van der Waals surface area (Å²) in [7, 11) is 0. The third-order valence-corrected chi connectivity index (χ3v) is 5.36. The maximum Gasteiger partial charge on any atom is 0.326 e. The zero-order valence-corrected chi connectivity index (χ0v) is 18.2. The Hall–Kier alpha value is -4.06. The van der Waals surface area contributed by atoms with Crippen LogP contribution in [0.5, 0.6) is 0 Å². The molecule has 166 valence electrons. The molecule has 6 heteroatoms. The number of aliphatic carboxylic acids is 1. The van der Waals surface area contributed by atoms with Gasteiger partial charge in [0.2, 0.25) is 0 Å². The summed E-state index contributed by atoms with van der Waals surface area (Å²) < 4.78 is 14.4. The summed E-state index contributed by atoms with van der Waals surface area (Å²) in [5.41, 5.74) is 4.42. The molecule has 0 aliphatic rings. The SMILES string of the molecule is Cc1cccc(CC(Nc2ncc(-c3ccccc3)nc2Cc2ccccc2F)C(=O)O)c1. The van der Waals surface area contributed by atoms with Crippen molar-refractivity contribution in [1.29, 1.82) is 0 Å². The quantitative estimate of drug-likeness (QED) is 0.389. The Balaban J connectivity index is 1.69. The Bertz CT molecular complexity index is 1260. The summed E-state index contributed by atoms with van der Waals surface area (Å²) >= 11 is 0. The van der Waals surface area contributed by atoms with Crippen molar-refractivity contribution in [2.24, 2.45) is 0 Å². The number of carboxylic acid groups (broad SMARTS) is 1. The highest BCUT2D eigenvalue weighted by molar-refractivity contribution is 5.77. The zero-order valence-electron chi connectivity index (χ0n) is 18.2. The molecule has 0 amide bonds. The highest BCUT2D eigenvalue weighted by Crippen LogP contribution is 2.23. The fourth-order valence-corrected chi connectivity index (χ4v) is 3.68. The van der Waals surface area contributed by atoms with Crippen molar-refractivity contribution in [2.75, 3.05) is 5.32 Å². The van der Waals surface area contributed by atoms with Gasteiger partial charge in [0.25, 0.3) is 0 Å². The van der Waals surface area contributed by atoms with Gasteiger partial charge in [0.1, 0.15) is 17.7 Å². The van der Waals surface area contributed by atoms with Gasteiger partial charge >= 0.3 is 5.97 Å². The molecule has 1 aromatic heterocycles. The van der Waals surface area contributed by atoms with E-state index >= 15 is 0 Å². The highest BCUT2D eigenvalue weighted by Gasteiger charge is 2.21. The van der Waals surface area contributed by atoms with Gasteiger partial charge in [-0.1, -0.05) is 78.4 Å². The second-order valence-corrected chi connectivity index (χ2v) is 7.91. The van der Waals surface area contributed by atoms with Crippen LogP contribution in [0, 0.1) is 12.7 Å². The third kappa shape index (κ3) is 5.60. The van der Waals surface area contributed by atoms with Crippen molar-refractivity contribution in [3.8, 4) is 11.3 Å². The molecular weight excluding hydrogens is 417 g/mol. The monoisotopic (exact) mass is 441 g/mol. The normalized spacial score (nSPS) is 11.7. The molecule has 33 heavy (non-hydrogen) atoms. The molecule has 0 bridgehead atoms. The number of rotatable bonds is 8. The lowest BCUT2D eigenvalue weighted by molar-refractivity contribution is -0.137. The smallest absolute Gasteiger partial charge is 0.326 e. The number of anilines is 1. The number of halogens is 1. The molecule has 0 saturated carbocycles. The van der Waals surface area contributed by atoms with Crippen LogP contribution in [0.15, 0.2) is 85.1 Å². The van der Waals surface area contributed by atoms with Gasteiger partial charge in [0.15, 0.2) is 0 Å². The zero-order chi connectivity index (χ0) is 23.2. The van der Waals surface area contributed by atoms with E-state index in [2.05, 4.69) is 10.3 Å². The Morgan fingerprint density at radius 2 is 1.79 bits per heavy atom. The average Bonchev–Trinajstić information content (AvgIpc) is 2.81. The fraction of sp³-hybridized carbons (Fsp3) is 0.148. The van der Waals surface area contributed by atoms with Gasteiger partial charge in [-0.05, 0) is 24.1 Å². The van der Waals surface area contributed by atoms with E-state index in [1.165, 1.54) is 6.07 Å². The summed E-state index contributed by atoms with van der Waals surface area (Å²) in [5, 5.41) is 12.9. The number of aromatic nitrogens is 2. The van der Waals surface area contributed by atoms with Crippen LogP contribution in [-0.2, 0) is 17.6 Å². The van der Waals surface area contributed by atoms with Crippen LogP contribution < -0.4 is 5.32 Å². The minimum Gasteiger partial charge on any atom is -0.480 e. The maximum atomic E-state index is 14.4. The van der Waals surface area contributed by atoms with Crippen molar-refractivity contribution in [3.05, 3.63) is 113 Å². The standard InChI is InChI=1S/C27H24FN3O2/c1-18-8-7-9-19(14-18)15-24(27(32)33)31-26-23(16-21-12-5-6-13-22(21)28)30-25(17-29-26)20-10-3-2-4-11-20/h2-14,17,24H,15-16H2,1H3,(H,29,31)(H,32,33). The van der Waals surface area contributed by atoms with E-state index in [0.29, 0.717) is 22.8 Å². The van der Waals surface area contributed by atoms with E-state index < -0.39 is 12.0 Å². The molecule has 4 aromatic rings. The van der Waals surface area contributed by atoms with Crippen LogP contribution in [0.1, 0.15) is 22.4 Å². The summed E-state index contributed by atoms with van der Waals surface area (Å²) in [5.74, 6) is -1.01. The van der Waals surface area contributed by atoms with E-state index in [9.17, 15) is 14.3 Å². The van der Waals surface area contributed by atoms with Crippen molar-refractivity contribution in [1.82, 2.24) is 9.97 Å². The number of nitrogens with zero attached hydrogens (tertiary/aromatic N) is 2. The first kappa shape index (κ1) is 22.1. The molecular formula is C27H24FN3O2. The molecule has 5 nitrogen and oxygen atoms in total. The third-order valence-electron chi connectivity index (χ3n) is 5.36. The molecule has 1 unspecified atom stereocenters. The summed E-state index contributed by atoms with van der Waals surface area (Å²) in [6, 6.07) is 22.9. The molecule has 0 saturated heterocycles. The van der Waals surface area contributed by atoms with Gasteiger partial charge in [0, 0.05) is 18.4 Å². The lowest BCUT2D eigenvalue weighted by Crippen LogP contribution is -2.32. The summed E-state index contributed by atoms with van der Waals surface area (Å²) in [4.78, 5) is 21.3. The largest absolute Gasteiger partial charge is 0.480 e. The van der Waals surface area contributed by atoms with E-state index in [4.69, 9.17) is 4.98 Å². The van der Waals surface area contributed by atoms with Crippen molar-refractivity contribution in [3.63, 3.8) is 0 Å². The van der Waals surface area contributed by atoms with Crippen LogP contribution in [0.3, 0.4) is 0 Å². The number of benzene rings is 3. The lowest BCUT2D eigenvalue weighted by atomic mass is 10.0.